The third-order valence-corrected chi connectivity index (χ3v) is 3.03. The number of nitrogens with one attached hydrogen (secondary N) is 2. The second-order valence-electron chi connectivity index (χ2n) is 4.45. The Morgan fingerprint density at radius 1 is 1.33 bits per heavy atom. The molecular formula is C13H22IN7. The first kappa shape index (κ1) is 17.5. The van der Waals surface area contributed by atoms with E-state index in [4.69, 9.17) is 0 Å². The van der Waals surface area contributed by atoms with Gasteiger partial charge in [-0.2, -0.15) is 5.10 Å². The number of hydrogen-bond acceptors (Lipinski definition) is 3. The number of rotatable bonds is 6. The van der Waals surface area contributed by atoms with Crippen LogP contribution in [0.15, 0.2) is 36.0 Å². The van der Waals surface area contributed by atoms with E-state index in [1.807, 2.05) is 30.3 Å². The first-order valence-corrected chi connectivity index (χ1v) is 6.66. The zero-order valence-electron chi connectivity index (χ0n) is 12.4. The van der Waals surface area contributed by atoms with Crippen LogP contribution in [-0.2, 0) is 20.1 Å². The summed E-state index contributed by atoms with van der Waals surface area (Å²) in [6, 6.07) is 1.99. The highest BCUT2D eigenvalue weighted by molar-refractivity contribution is 14.0. The van der Waals surface area contributed by atoms with Crippen molar-refractivity contribution in [1.29, 1.82) is 0 Å². The van der Waals surface area contributed by atoms with E-state index in [2.05, 4.69) is 30.3 Å². The first-order valence-electron chi connectivity index (χ1n) is 6.66. The van der Waals surface area contributed by atoms with E-state index in [0.717, 1.165) is 31.2 Å². The monoisotopic (exact) mass is 403 g/mol. The molecule has 0 aliphatic heterocycles. The fourth-order valence-electron chi connectivity index (χ4n) is 1.86. The van der Waals surface area contributed by atoms with Crippen LogP contribution < -0.4 is 10.6 Å². The summed E-state index contributed by atoms with van der Waals surface area (Å²) in [7, 11) is 3.70. The van der Waals surface area contributed by atoms with Gasteiger partial charge in [0, 0.05) is 45.8 Å². The van der Waals surface area contributed by atoms with Crippen molar-refractivity contribution in [2.45, 2.75) is 19.5 Å². The van der Waals surface area contributed by atoms with Gasteiger partial charge in [-0.1, -0.05) is 0 Å². The zero-order valence-corrected chi connectivity index (χ0v) is 14.7. The topological polar surface area (TPSA) is 72.1 Å². The summed E-state index contributed by atoms with van der Waals surface area (Å²) >= 11 is 0. The summed E-state index contributed by atoms with van der Waals surface area (Å²) in [5.41, 5.74) is 1.12. The van der Waals surface area contributed by atoms with Crippen molar-refractivity contribution >= 4 is 29.9 Å². The van der Waals surface area contributed by atoms with Crippen molar-refractivity contribution in [1.82, 2.24) is 30.0 Å². The normalized spacial score (nSPS) is 11.0. The van der Waals surface area contributed by atoms with Gasteiger partial charge in [0.1, 0.15) is 0 Å². The summed E-state index contributed by atoms with van der Waals surface area (Å²) in [5.74, 6) is 0.803. The van der Waals surface area contributed by atoms with E-state index in [1.54, 1.807) is 19.4 Å². The molecular weight excluding hydrogens is 381 g/mol. The Balaban J connectivity index is 0.00000220. The molecule has 2 rings (SSSR count). The summed E-state index contributed by atoms with van der Waals surface area (Å²) in [6.45, 7) is 2.52. The molecule has 7 nitrogen and oxygen atoms in total. The third-order valence-electron chi connectivity index (χ3n) is 3.03. The first-order chi connectivity index (χ1) is 9.79. The van der Waals surface area contributed by atoms with E-state index >= 15 is 0 Å². The van der Waals surface area contributed by atoms with Crippen LogP contribution in [0.2, 0.25) is 0 Å². The van der Waals surface area contributed by atoms with Gasteiger partial charge in [-0.25, -0.2) is 4.98 Å². The molecule has 0 aromatic carbocycles. The molecule has 0 fully saturated rings. The molecule has 0 radical (unpaired) electrons. The molecule has 21 heavy (non-hydrogen) atoms. The summed E-state index contributed by atoms with van der Waals surface area (Å²) < 4.78 is 3.91. The maximum absolute atomic E-state index is 4.20. The lowest BCUT2D eigenvalue weighted by Crippen LogP contribution is -2.37. The Labute approximate surface area is 141 Å². The molecule has 0 unspecified atom stereocenters. The minimum absolute atomic E-state index is 0. The fraction of sp³-hybridized carbons (Fsp3) is 0.462. The Kier molecular flexibility index (Phi) is 7.80. The van der Waals surface area contributed by atoms with Gasteiger partial charge < -0.3 is 15.2 Å². The summed E-state index contributed by atoms with van der Waals surface area (Å²) in [6.07, 6.45) is 8.40. The van der Waals surface area contributed by atoms with Gasteiger partial charge in [-0.05, 0) is 12.5 Å². The molecule has 2 heterocycles. The number of aryl methyl sites for hydroxylation is 2. The molecule has 0 saturated heterocycles. The minimum atomic E-state index is 0. The predicted octanol–water partition coefficient (Wildman–Crippen LogP) is 0.990. The number of imidazole rings is 1. The number of halogens is 1. The van der Waals surface area contributed by atoms with E-state index in [0.29, 0.717) is 6.54 Å². The molecule has 8 heteroatoms. The van der Waals surface area contributed by atoms with Crippen molar-refractivity contribution < 1.29 is 0 Å². The number of nitrogens with zero attached hydrogens (tertiary/aromatic N) is 5. The molecule has 0 aliphatic rings. The van der Waals surface area contributed by atoms with E-state index in [-0.39, 0.29) is 24.0 Å². The van der Waals surface area contributed by atoms with E-state index in [9.17, 15) is 0 Å². The van der Waals surface area contributed by atoms with Gasteiger partial charge in [-0.3, -0.25) is 9.67 Å². The largest absolute Gasteiger partial charge is 0.356 e. The molecule has 0 atom stereocenters. The number of aromatic nitrogens is 4. The molecule has 2 aromatic heterocycles. The molecule has 2 N–H and O–H groups in total. The highest BCUT2D eigenvalue weighted by Crippen LogP contribution is 1.94. The lowest BCUT2D eigenvalue weighted by atomic mass is 10.4. The van der Waals surface area contributed by atoms with Gasteiger partial charge in [0.2, 0.25) is 0 Å². The van der Waals surface area contributed by atoms with E-state index < -0.39 is 0 Å². The van der Waals surface area contributed by atoms with E-state index in [1.165, 1.54) is 0 Å². The number of aliphatic imine (C=N–C) groups is 1. The van der Waals surface area contributed by atoms with Crippen LogP contribution in [0.25, 0.3) is 0 Å². The maximum Gasteiger partial charge on any atom is 0.191 e. The van der Waals surface area contributed by atoms with Gasteiger partial charge in [0.25, 0.3) is 0 Å². The Hall–Kier alpha value is -1.58. The quantitative estimate of drug-likeness (QED) is 0.327. The smallest absolute Gasteiger partial charge is 0.191 e. The predicted molar refractivity (Wildman–Crippen MR) is 93.7 cm³/mol. The average molecular weight is 403 g/mol. The standard InChI is InChI=1S/C13H21N7.HI/c1-14-13(17-10-12-4-6-18-19(12)2)16-5-3-8-20-9-7-15-11-20;/h4,6-7,9,11H,3,5,8,10H2,1-2H3,(H2,14,16,17);1H. The van der Waals surface area contributed by atoms with Crippen LogP contribution in [0.3, 0.4) is 0 Å². The highest BCUT2D eigenvalue weighted by atomic mass is 127. The summed E-state index contributed by atoms with van der Waals surface area (Å²) in [5, 5.41) is 10.7. The number of guanidine groups is 1. The van der Waals surface area contributed by atoms with Gasteiger partial charge in [0.05, 0.1) is 18.6 Å². The van der Waals surface area contributed by atoms with Crippen LogP contribution in [0, 0.1) is 0 Å². The Bertz CT molecular complexity index is 532. The lowest BCUT2D eigenvalue weighted by Gasteiger charge is -2.12. The van der Waals surface area contributed by atoms with Crippen LogP contribution in [0.5, 0.6) is 0 Å². The summed E-state index contributed by atoms with van der Waals surface area (Å²) in [4.78, 5) is 8.21. The van der Waals surface area contributed by atoms with Crippen LogP contribution in [0.4, 0.5) is 0 Å². The molecule has 0 bridgehead atoms. The second-order valence-corrected chi connectivity index (χ2v) is 4.45. The molecule has 0 saturated carbocycles. The maximum atomic E-state index is 4.20. The number of hydrogen-bond donors (Lipinski definition) is 2. The van der Waals surface area contributed by atoms with Gasteiger partial charge >= 0.3 is 0 Å². The van der Waals surface area contributed by atoms with Crippen LogP contribution in [-0.4, -0.2) is 38.9 Å². The molecule has 116 valence electrons. The van der Waals surface area contributed by atoms with Crippen molar-refractivity contribution in [3.63, 3.8) is 0 Å². The third kappa shape index (κ3) is 5.74. The minimum Gasteiger partial charge on any atom is -0.356 e. The SMILES string of the molecule is CN=C(NCCCn1ccnc1)NCc1ccnn1C.I. The second kappa shape index (κ2) is 9.37. The average Bonchev–Trinajstić information content (AvgIpc) is 3.10. The lowest BCUT2D eigenvalue weighted by molar-refractivity contribution is 0.621. The highest BCUT2D eigenvalue weighted by Gasteiger charge is 2.01. The molecule has 0 spiro atoms. The van der Waals surface area contributed by atoms with Crippen LogP contribution >= 0.6 is 24.0 Å². The van der Waals surface area contributed by atoms with Crippen molar-refractivity contribution in [2.24, 2.45) is 12.0 Å². The zero-order chi connectivity index (χ0) is 14.2. The Morgan fingerprint density at radius 3 is 2.81 bits per heavy atom. The fourth-order valence-corrected chi connectivity index (χ4v) is 1.86. The van der Waals surface area contributed by atoms with Crippen molar-refractivity contribution in [3.8, 4) is 0 Å². The van der Waals surface area contributed by atoms with Crippen LogP contribution in [0.1, 0.15) is 12.1 Å². The molecule has 0 aliphatic carbocycles. The van der Waals surface area contributed by atoms with Gasteiger partial charge in [-0.15, -0.1) is 24.0 Å². The van der Waals surface area contributed by atoms with Crippen molar-refractivity contribution in [3.05, 3.63) is 36.7 Å². The van der Waals surface area contributed by atoms with Gasteiger partial charge in [0.15, 0.2) is 5.96 Å². The molecule has 2 aromatic rings. The molecule has 0 amide bonds. The van der Waals surface area contributed by atoms with Crippen molar-refractivity contribution in [2.75, 3.05) is 13.6 Å². The Morgan fingerprint density at radius 2 is 2.19 bits per heavy atom.